The maximum absolute atomic E-state index is 13.8. The first-order valence-corrected chi connectivity index (χ1v) is 8.01. The Morgan fingerprint density at radius 3 is 3.17 bits per heavy atom. The van der Waals surface area contributed by atoms with Gasteiger partial charge in [-0.25, -0.2) is 4.39 Å². The van der Waals surface area contributed by atoms with E-state index < -0.39 is 0 Å². The highest BCUT2D eigenvalue weighted by Crippen LogP contribution is 2.34. The topological polar surface area (TPSA) is 56.1 Å². The third kappa shape index (κ3) is 2.58. The number of aryl methyl sites for hydroxylation is 2. The van der Waals surface area contributed by atoms with Crippen LogP contribution in [0.4, 0.5) is 4.39 Å². The van der Waals surface area contributed by atoms with E-state index in [-0.39, 0.29) is 23.5 Å². The molecular formula is C17H18FN3O2. The number of benzene rings is 1. The van der Waals surface area contributed by atoms with Gasteiger partial charge in [0.05, 0.1) is 12.6 Å². The minimum atomic E-state index is -0.390. The molecule has 3 heterocycles. The van der Waals surface area contributed by atoms with E-state index in [2.05, 4.69) is 10.4 Å². The average molecular weight is 315 g/mol. The van der Waals surface area contributed by atoms with E-state index in [9.17, 15) is 9.18 Å². The van der Waals surface area contributed by atoms with Gasteiger partial charge in [0.1, 0.15) is 5.69 Å². The number of halogens is 1. The summed E-state index contributed by atoms with van der Waals surface area (Å²) in [5.41, 5.74) is 2.24. The van der Waals surface area contributed by atoms with E-state index in [0.717, 1.165) is 31.5 Å². The zero-order chi connectivity index (χ0) is 15.8. The Morgan fingerprint density at radius 1 is 1.39 bits per heavy atom. The first kappa shape index (κ1) is 14.2. The van der Waals surface area contributed by atoms with E-state index >= 15 is 0 Å². The molecule has 0 fully saturated rings. The van der Waals surface area contributed by atoms with Gasteiger partial charge in [-0.1, -0.05) is 12.1 Å². The van der Waals surface area contributed by atoms with Crippen LogP contribution in [0.3, 0.4) is 0 Å². The lowest BCUT2D eigenvalue weighted by molar-refractivity contribution is 0.0917. The number of nitrogens with zero attached hydrogens (tertiary/aromatic N) is 2. The van der Waals surface area contributed by atoms with Crippen LogP contribution in [0.2, 0.25) is 0 Å². The quantitative estimate of drug-likeness (QED) is 0.927. The van der Waals surface area contributed by atoms with Crippen LogP contribution in [-0.4, -0.2) is 22.3 Å². The molecule has 2 aromatic rings. The van der Waals surface area contributed by atoms with Crippen LogP contribution in [0.15, 0.2) is 24.3 Å². The zero-order valence-corrected chi connectivity index (χ0v) is 12.7. The molecule has 1 aromatic heterocycles. The first-order chi connectivity index (χ1) is 11.2. The van der Waals surface area contributed by atoms with Crippen LogP contribution in [0.25, 0.3) is 0 Å². The molecule has 23 heavy (non-hydrogen) atoms. The lowest BCUT2D eigenvalue weighted by Gasteiger charge is -2.26. The predicted octanol–water partition coefficient (Wildman–Crippen LogP) is 2.61. The number of nitrogens with one attached hydrogen (secondary N) is 1. The van der Waals surface area contributed by atoms with Crippen molar-refractivity contribution in [3.8, 4) is 5.75 Å². The van der Waals surface area contributed by atoms with Crippen molar-refractivity contribution in [1.82, 2.24) is 15.1 Å². The molecule has 1 unspecified atom stereocenters. The highest BCUT2D eigenvalue weighted by atomic mass is 19.1. The molecule has 2 aliphatic rings. The van der Waals surface area contributed by atoms with Crippen LogP contribution < -0.4 is 10.1 Å². The molecule has 0 bridgehead atoms. The van der Waals surface area contributed by atoms with Crippen molar-refractivity contribution in [3.05, 3.63) is 47.0 Å². The number of rotatable bonds is 2. The monoisotopic (exact) mass is 315 g/mol. The highest BCUT2D eigenvalue weighted by Gasteiger charge is 2.26. The average Bonchev–Trinajstić information content (AvgIpc) is 3.00. The van der Waals surface area contributed by atoms with Gasteiger partial charge >= 0.3 is 0 Å². The molecule has 120 valence electrons. The van der Waals surface area contributed by atoms with Gasteiger partial charge < -0.3 is 10.1 Å². The summed E-state index contributed by atoms with van der Waals surface area (Å²) in [5.74, 6) is -0.360. The zero-order valence-electron chi connectivity index (χ0n) is 12.7. The van der Waals surface area contributed by atoms with Crippen molar-refractivity contribution in [2.45, 2.75) is 38.3 Å². The third-order valence-electron chi connectivity index (χ3n) is 4.48. The molecule has 1 aromatic carbocycles. The second kappa shape index (κ2) is 5.68. The summed E-state index contributed by atoms with van der Waals surface area (Å²) in [5, 5.41) is 7.36. The van der Waals surface area contributed by atoms with Crippen molar-refractivity contribution < 1.29 is 13.9 Å². The summed E-state index contributed by atoms with van der Waals surface area (Å²) in [6.07, 6.45) is 3.82. The first-order valence-electron chi connectivity index (χ1n) is 8.01. The molecule has 6 heteroatoms. The van der Waals surface area contributed by atoms with Crippen molar-refractivity contribution in [2.24, 2.45) is 0 Å². The van der Waals surface area contributed by atoms with Crippen molar-refractivity contribution >= 4 is 5.91 Å². The van der Waals surface area contributed by atoms with Gasteiger partial charge in [0.2, 0.25) is 0 Å². The largest absolute Gasteiger partial charge is 0.490 e. The van der Waals surface area contributed by atoms with Gasteiger partial charge in [-0.15, -0.1) is 0 Å². The van der Waals surface area contributed by atoms with Gasteiger partial charge in [0, 0.05) is 24.2 Å². The van der Waals surface area contributed by atoms with Crippen LogP contribution in [0.1, 0.15) is 47.1 Å². The minimum Gasteiger partial charge on any atom is -0.490 e. The summed E-state index contributed by atoms with van der Waals surface area (Å²) in [7, 11) is 0. The van der Waals surface area contributed by atoms with E-state index in [1.807, 2.05) is 10.7 Å². The minimum absolute atomic E-state index is 0.214. The van der Waals surface area contributed by atoms with Gasteiger partial charge in [-0.3, -0.25) is 9.48 Å². The number of hydrogen-bond donors (Lipinski definition) is 1. The van der Waals surface area contributed by atoms with E-state index in [0.29, 0.717) is 24.3 Å². The number of carbonyl (C=O) groups excluding carboxylic acids is 1. The Morgan fingerprint density at radius 2 is 2.30 bits per heavy atom. The molecular weight excluding hydrogens is 297 g/mol. The summed E-state index contributed by atoms with van der Waals surface area (Å²) >= 11 is 0. The Bertz CT molecular complexity index is 733. The lowest BCUT2D eigenvalue weighted by Crippen LogP contribution is -2.32. The number of carbonyl (C=O) groups is 1. The number of para-hydroxylation sites is 1. The van der Waals surface area contributed by atoms with Crippen LogP contribution in [0.5, 0.6) is 5.75 Å². The lowest BCUT2D eigenvalue weighted by atomic mass is 10.00. The molecule has 2 aliphatic heterocycles. The van der Waals surface area contributed by atoms with Crippen molar-refractivity contribution in [3.63, 3.8) is 0 Å². The molecule has 5 nitrogen and oxygen atoms in total. The fraction of sp³-hybridized carbons (Fsp3) is 0.412. The molecule has 1 N–H and O–H groups in total. The number of hydrogen-bond acceptors (Lipinski definition) is 3. The molecule has 0 spiro atoms. The fourth-order valence-corrected chi connectivity index (χ4v) is 3.30. The summed E-state index contributed by atoms with van der Waals surface area (Å²) < 4.78 is 21.1. The number of fused-ring (bicyclic) bond motifs is 2. The van der Waals surface area contributed by atoms with Crippen molar-refractivity contribution in [1.29, 1.82) is 0 Å². The van der Waals surface area contributed by atoms with Crippen LogP contribution >= 0.6 is 0 Å². The number of amides is 1. The molecule has 1 atom stereocenters. The number of aromatic nitrogens is 2. The van der Waals surface area contributed by atoms with Crippen LogP contribution in [0, 0.1) is 5.82 Å². The normalized spacial score (nSPS) is 19.4. The molecule has 0 aliphatic carbocycles. The van der Waals surface area contributed by atoms with E-state index in [1.165, 1.54) is 6.07 Å². The molecule has 0 saturated carbocycles. The third-order valence-corrected chi connectivity index (χ3v) is 4.48. The Kier molecular flexibility index (Phi) is 3.52. The van der Waals surface area contributed by atoms with Crippen LogP contribution in [-0.2, 0) is 13.0 Å². The van der Waals surface area contributed by atoms with Gasteiger partial charge in [-0.2, -0.15) is 5.10 Å². The highest BCUT2D eigenvalue weighted by molar-refractivity contribution is 5.92. The Balaban J connectivity index is 1.56. The summed E-state index contributed by atoms with van der Waals surface area (Å²) in [4.78, 5) is 12.5. The van der Waals surface area contributed by atoms with Gasteiger partial charge in [-0.05, 0) is 31.4 Å². The van der Waals surface area contributed by atoms with E-state index in [4.69, 9.17) is 4.74 Å². The van der Waals surface area contributed by atoms with Crippen molar-refractivity contribution in [2.75, 3.05) is 6.61 Å². The summed E-state index contributed by atoms with van der Waals surface area (Å²) in [6.45, 7) is 1.26. The fourth-order valence-electron chi connectivity index (χ4n) is 3.30. The molecule has 4 rings (SSSR count). The Hall–Kier alpha value is -2.37. The molecule has 1 amide bonds. The van der Waals surface area contributed by atoms with Gasteiger partial charge in [0.25, 0.3) is 5.91 Å². The molecule has 0 saturated heterocycles. The predicted molar refractivity (Wildman–Crippen MR) is 81.9 cm³/mol. The Labute approximate surface area is 133 Å². The van der Waals surface area contributed by atoms with E-state index in [1.54, 1.807) is 12.1 Å². The summed E-state index contributed by atoms with van der Waals surface area (Å²) in [6, 6.07) is 6.41. The smallest absolute Gasteiger partial charge is 0.272 e. The number of ether oxygens (including phenoxy) is 1. The maximum Gasteiger partial charge on any atom is 0.272 e. The molecule has 0 radical (unpaired) electrons. The SMILES string of the molecule is O=C(NC1CCOc2c(F)cccc21)c1cc2n(n1)CCCC2. The van der Waals surface area contributed by atoms with Gasteiger partial charge in [0.15, 0.2) is 11.6 Å². The standard InChI is InChI=1S/C17H18FN3O2/c18-13-6-3-5-12-14(7-9-23-16(12)13)19-17(22)15-10-11-4-1-2-8-21(11)20-15/h3,5-6,10,14H,1-2,4,7-9H2,(H,19,22). The second-order valence-electron chi connectivity index (χ2n) is 6.02. The second-order valence-corrected chi connectivity index (χ2v) is 6.02. The maximum atomic E-state index is 13.8.